The molecule has 1 amide bonds. The Hall–Kier alpha value is -0.770. The molecule has 4 nitrogen and oxygen atoms in total. The minimum Gasteiger partial charge on any atom is -0.446 e. The van der Waals surface area contributed by atoms with Gasteiger partial charge in [-0.25, -0.2) is 4.79 Å². The van der Waals surface area contributed by atoms with Crippen molar-refractivity contribution < 1.29 is 9.53 Å². The van der Waals surface area contributed by atoms with E-state index in [-0.39, 0.29) is 12.2 Å². The molecule has 1 saturated heterocycles. The third-order valence-corrected chi connectivity index (χ3v) is 3.18. The summed E-state index contributed by atoms with van der Waals surface area (Å²) in [5.41, 5.74) is 0. The van der Waals surface area contributed by atoms with Crippen LogP contribution < -0.4 is 0 Å². The second-order valence-corrected chi connectivity index (χ2v) is 4.72. The average molecular weight is 228 g/mol. The van der Waals surface area contributed by atoms with Crippen molar-refractivity contribution in [1.82, 2.24) is 9.80 Å². The molecule has 1 aliphatic rings. The van der Waals surface area contributed by atoms with Crippen LogP contribution in [0.25, 0.3) is 0 Å². The molecule has 0 saturated carbocycles. The van der Waals surface area contributed by atoms with Crippen LogP contribution in [0.3, 0.4) is 0 Å². The number of carbonyl (C=O) groups excluding carboxylic acids is 1. The van der Waals surface area contributed by atoms with Gasteiger partial charge in [0.05, 0.1) is 0 Å². The van der Waals surface area contributed by atoms with Gasteiger partial charge in [-0.3, -0.25) is 4.90 Å². The van der Waals surface area contributed by atoms with Gasteiger partial charge in [-0.15, -0.1) is 0 Å². The second kappa shape index (κ2) is 6.09. The van der Waals surface area contributed by atoms with Crippen LogP contribution in [0.5, 0.6) is 0 Å². The van der Waals surface area contributed by atoms with Crippen molar-refractivity contribution in [3.63, 3.8) is 0 Å². The zero-order valence-corrected chi connectivity index (χ0v) is 10.9. The van der Waals surface area contributed by atoms with Gasteiger partial charge in [0.2, 0.25) is 0 Å². The highest BCUT2D eigenvalue weighted by molar-refractivity contribution is 5.67. The summed E-state index contributed by atoms with van der Waals surface area (Å²) in [6.45, 7) is 11.8. The molecule has 1 heterocycles. The lowest BCUT2D eigenvalue weighted by atomic mass is 10.2. The molecular weight excluding hydrogens is 204 g/mol. The Morgan fingerprint density at radius 3 is 2.19 bits per heavy atom. The van der Waals surface area contributed by atoms with E-state index >= 15 is 0 Å². The van der Waals surface area contributed by atoms with Crippen molar-refractivity contribution in [3.8, 4) is 0 Å². The molecule has 0 aliphatic carbocycles. The SMILES string of the molecule is CC[C@@H](C)OC(=O)N1CCN(C(C)C)CC1. The molecule has 0 radical (unpaired) electrons. The Kier molecular flexibility index (Phi) is 5.06. The maximum atomic E-state index is 11.7. The van der Waals surface area contributed by atoms with Crippen molar-refractivity contribution >= 4 is 6.09 Å². The molecule has 0 aromatic heterocycles. The van der Waals surface area contributed by atoms with Crippen molar-refractivity contribution in [2.24, 2.45) is 0 Å². The number of amides is 1. The minimum absolute atomic E-state index is 0.0237. The summed E-state index contributed by atoms with van der Waals surface area (Å²) in [6.07, 6.45) is 0.742. The van der Waals surface area contributed by atoms with Crippen LogP contribution in [0, 0.1) is 0 Å². The number of rotatable bonds is 3. The number of nitrogens with zero attached hydrogens (tertiary/aromatic N) is 2. The van der Waals surface area contributed by atoms with Crippen molar-refractivity contribution in [2.75, 3.05) is 26.2 Å². The van der Waals surface area contributed by atoms with Gasteiger partial charge in [-0.2, -0.15) is 0 Å². The summed E-state index contributed by atoms with van der Waals surface area (Å²) < 4.78 is 5.30. The van der Waals surface area contributed by atoms with E-state index in [1.807, 2.05) is 18.7 Å². The summed E-state index contributed by atoms with van der Waals surface area (Å²) >= 11 is 0. The van der Waals surface area contributed by atoms with Gasteiger partial charge in [0.25, 0.3) is 0 Å². The smallest absolute Gasteiger partial charge is 0.410 e. The summed E-state index contributed by atoms with van der Waals surface area (Å²) in [7, 11) is 0. The topological polar surface area (TPSA) is 32.8 Å². The number of carbonyl (C=O) groups is 1. The van der Waals surface area contributed by atoms with Gasteiger partial charge < -0.3 is 9.64 Å². The maximum absolute atomic E-state index is 11.7. The molecule has 0 bridgehead atoms. The molecule has 0 unspecified atom stereocenters. The summed E-state index contributed by atoms with van der Waals surface area (Å²) in [5, 5.41) is 0. The van der Waals surface area contributed by atoms with Crippen LogP contribution in [-0.4, -0.2) is 54.2 Å². The highest BCUT2D eigenvalue weighted by Gasteiger charge is 2.23. The highest BCUT2D eigenvalue weighted by Crippen LogP contribution is 2.08. The summed E-state index contributed by atoms with van der Waals surface area (Å²) in [6, 6.07) is 0.563. The fourth-order valence-electron chi connectivity index (χ4n) is 1.75. The molecule has 0 aromatic carbocycles. The molecule has 0 aromatic rings. The molecular formula is C12H24N2O2. The molecule has 4 heteroatoms. The Labute approximate surface area is 98.5 Å². The Balaban J connectivity index is 2.33. The first kappa shape index (κ1) is 13.3. The molecule has 1 rings (SSSR count). The fraction of sp³-hybridized carbons (Fsp3) is 0.917. The quantitative estimate of drug-likeness (QED) is 0.740. The lowest BCUT2D eigenvalue weighted by molar-refractivity contribution is 0.0456. The van der Waals surface area contributed by atoms with E-state index < -0.39 is 0 Å². The zero-order chi connectivity index (χ0) is 12.1. The number of hydrogen-bond donors (Lipinski definition) is 0. The van der Waals surface area contributed by atoms with E-state index in [1.54, 1.807) is 0 Å². The Morgan fingerprint density at radius 1 is 1.19 bits per heavy atom. The average Bonchev–Trinajstić information content (AvgIpc) is 2.28. The van der Waals surface area contributed by atoms with Gasteiger partial charge in [0, 0.05) is 32.2 Å². The Bertz CT molecular complexity index is 223. The summed E-state index contributed by atoms with van der Waals surface area (Å²) in [5.74, 6) is 0. The molecule has 1 fully saturated rings. The predicted molar refractivity (Wildman–Crippen MR) is 64.5 cm³/mol. The number of ether oxygens (including phenoxy) is 1. The fourth-order valence-corrected chi connectivity index (χ4v) is 1.75. The maximum Gasteiger partial charge on any atom is 0.410 e. The molecule has 0 spiro atoms. The van der Waals surface area contributed by atoms with Crippen LogP contribution >= 0.6 is 0 Å². The van der Waals surface area contributed by atoms with Crippen molar-refractivity contribution in [2.45, 2.75) is 46.3 Å². The van der Waals surface area contributed by atoms with Gasteiger partial charge in [-0.05, 0) is 27.2 Å². The molecule has 0 N–H and O–H groups in total. The van der Waals surface area contributed by atoms with Gasteiger partial charge >= 0.3 is 6.09 Å². The first-order chi connectivity index (χ1) is 7.54. The third-order valence-electron chi connectivity index (χ3n) is 3.18. The van der Waals surface area contributed by atoms with Crippen LogP contribution in [0.1, 0.15) is 34.1 Å². The monoisotopic (exact) mass is 228 g/mol. The van der Waals surface area contributed by atoms with Crippen LogP contribution in [0.15, 0.2) is 0 Å². The lowest BCUT2D eigenvalue weighted by Gasteiger charge is -2.36. The van der Waals surface area contributed by atoms with Crippen LogP contribution in [0.4, 0.5) is 4.79 Å². The molecule has 94 valence electrons. The van der Waals surface area contributed by atoms with Gasteiger partial charge in [0.1, 0.15) is 6.10 Å². The third kappa shape index (κ3) is 3.67. The normalized spacial score (nSPS) is 19.9. The van der Waals surface area contributed by atoms with E-state index in [1.165, 1.54) is 0 Å². The van der Waals surface area contributed by atoms with Crippen LogP contribution in [-0.2, 0) is 4.74 Å². The number of piperazine rings is 1. The van der Waals surface area contributed by atoms with E-state index in [9.17, 15) is 4.79 Å². The Morgan fingerprint density at radius 2 is 1.75 bits per heavy atom. The van der Waals surface area contributed by atoms with Gasteiger partial charge in [0.15, 0.2) is 0 Å². The lowest BCUT2D eigenvalue weighted by Crippen LogP contribution is -2.51. The van der Waals surface area contributed by atoms with E-state index in [0.29, 0.717) is 6.04 Å². The predicted octanol–water partition coefficient (Wildman–Crippen LogP) is 1.95. The largest absolute Gasteiger partial charge is 0.446 e. The van der Waals surface area contributed by atoms with Crippen molar-refractivity contribution in [1.29, 1.82) is 0 Å². The zero-order valence-electron chi connectivity index (χ0n) is 10.9. The van der Waals surface area contributed by atoms with Gasteiger partial charge in [-0.1, -0.05) is 6.92 Å². The standard InChI is InChI=1S/C12H24N2O2/c1-5-11(4)16-12(15)14-8-6-13(7-9-14)10(2)3/h10-11H,5-9H2,1-4H3/t11-/m1/s1. The second-order valence-electron chi connectivity index (χ2n) is 4.72. The highest BCUT2D eigenvalue weighted by atomic mass is 16.6. The molecule has 1 atom stereocenters. The minimum atomic E-state index is -0.155. The molecule has 16 heavy (non-hydrogen) atoms. The first-order valence-corrected chi connectivity index (χ1v) is 6.24. The van der Waals surface area contributed by atoms with Crippen molar-refractivity contribution in [3.05, 3.63) is 0 Å². The van der Waals surface area contributed by atoms with Crippen LogP contribution in [0.2, 0.25) is 0 Å². The van der Waals surface area contributed by atoms with E-state index in [2.05, 4.69) is 18.7 Å². The first-order valence-electron chi connectivity index (χ1n) is 6.24. The van der Waals surface area contributed by atoms with E-state index in [0.717, 1.165) is 32.6 Å². The van der Waals surface area contributed by atoms with E-state index in [4.69, 9.17) is 4.74 Å². The summed E-state index contributed by atoms with van der Waals surface area (Å²) in [4.78, 5) is 15.9. The molecule has 1 aliphatic heterocycles. The number of hydrogen-bond acceptors (Lipinski definition) is 3.